The van der Waals surface area contributed by atoms with Crippen LogP contribution >= 0.6 is 0 Å². The van der Waals surface area contributed by atoms with Crippen LogP contribution in [-0.2, 0) is 18.4 Å². The Balaban J connectivity index is 1.98. The smallest absolute Gasteiger partial charge is 0.332 e. The first-order valence-electron chi connectivity index (χ1n) is 8.75. The van der Waals surface area contributed by atoms with Crippen LogP contribution in [0.1, 0.15) is 50.9 Å². The molecule has 0 aliphatic heterocycles. The van der Waals surface area contributed by atoms with Crippen LogP contribution in [0.4, 0.5) is 0 Å². The van der Waals surface area contributed by atoms with Gasteiger partial charge in [-0.25, -0.2) is 9.78 Å². The molecule has 1 aliphatic carbocycles. The Morgan fingerprint density at radius 2 is 2.00 bits per heavy atom. The van der Waals surface area contributed by atoms with Crippen LogP contribution in [0.15, 0.2) is 9.59 Å². The van der Waals surface area contributed by atoms with Crippen LogP contribution in [0, 0.1) is 0 Å². The van der Waals surface area contributed by atoms with E-state index in [1.807, 2.05) is 0 Å². The Labute approximate surface area is 149 Å². The zero-order valence-electron chi connectivity index (χ0n) is 14.9. The fraction of sp³-hybridized carbons (Fsp3) is 0.625. The summed E-state index contributed by atoms with van der Waals surface area (Å²) < 4.78 is 2.58. The van der Waals surface area contributed by atoms with E-state index in [0.29, 0.717) is 0 Å². The lowest BCUT2D eigenvalue weighted by Crippen LogP contribution is -2.40. The zero-order valence-corrected chi connectivity index (χ0v) is 14.9. The van der Waals surface area contributed by atoms with E-state index in [-0.39, 0.29) is 47.9 Å². The molecule has 140 valence electrons. The quantitative estimate of drug-likeness (QED) is 0.722. The lowest BCUT2D eigenvalue weighted by Gasteiger charge is -2.16. The molecule has 1 fully saturated rings. The highest BCUT2D eigenvalue weighted by atomic mass is 16.2. The number of hydrogen-bond donors (Lipinski definition) is 2. The fourth-order valence-electron chi connectivity index (χ4n) is 3.27. The molecular formula is C16H23N7O3. The van der Waals surface area contributed by atoms with Gasteiger partial charge in [-0.3, -0.25) is 18.7 Å². The molecule has 3 rings (SSSR count). The van der Waals surface area contributed by atoms with Crippen LogP contribution in [0.2, 0.25) is 0 Å². The van der Waals surface area contributed by atoms with Crippen molar-refractivity contribution in [3.05, 3.63) is 26.7 Å². The van der Waals surface area contributed by atoms with Crippen molar-refractivity contribution in [1.29, 1.82) is 0 Å². The second-order valence-electron chi connectivity index (χ2n) is 6.81. The molecule has 1 unspecified atom stereocenters. The summed E-state index contributed by atoms with van der Waals surface area (Å²) in [5, 5.41) is 10.7. The van der Waals surface area contributed by atoms with Gasteiger partial charge in [-0.2, -0.15) is 0 Å². The molecule has 10 heteroatoms. The highest BCUT2D eigenvalue weighted by Gasteiger charge is 2.24. The number of hydrogen-bond acceptors (Lipinski definition) is 7. The Kier molecular flexibility index (Phi) is 5.12. The molecule has 2 aromatic heterocycles. The van der Waals surface area contributed by atoms with Crippen molar-refractivity contribution in [2.75, 3.05) is 0 Å². The fourth-order valence-corrected chi connectivity index (χ4v) is 3.27. The number of nitrogens with two attached hydrogens (primary N) is 1. The second-order valence-corrected chi connectivity index (χ2v) is 6.81. The normalized spacial score (nSPS) is 16.1. The van der Waals surface area contributed by atoms with Gasteiger partial charge >= 0.3 is 5.69 Å². The highest BCUT2D eigenvalue weighted by molar-refractivity contribution is 5.76. The number of fused-ring (bicyclic) bond motifs is 1. The van der Waals surface area contributed by atoms with Crippen molar-refractivity contribution >= 4 is 17.1 Å². The summed E-state index contributed by atoms with van der Waals surface area (Å²) in [4.78, 5) is 41.0. The molecule has 2 heterocycles. The Hall–Kier alpha value is -2.62. The van der Waals surface area contributed by atoms with Gasteiger partial charge in [-0.15, -0.1) is 10.2 Å². The van der Waals surface area contributed by atoms with Gasteiger partial charge in [-0.05, 0) is 19.8 Å². The average Bonchev–Trinajstić information content (AvgIpc) is 3.12. The molecule has 3 N–H and O–H groups in total. The summed E-state index contributed by atoms with van der Waals surface area (Å²) in [6.45, 7) is 1.78. The van der Waals surface area contributed by atoms with Crippen LogP contribution < -0.4 is 22.3 Å². The first-order valence-corrected chi connectivity index (χ1v) is 8.75. The first-order chi connectivity index (χ1) is 12.4. The van der Waals surface area contributed by atoms with Gasteiger partial charge in [0.2, 0.25) is 5.91 Å². The molecular weight excluding hydrogens is 338 g/mol. The Morgan fingerprint density at radius 3 is 2.65 bits per heavy atom. The minimum atomic E-state index is -0.516. The number of nitrogens with zero attached hydrogens (tertiary/aromatic N) is 5. The molecule has 0 bridgehead atoms. The van der Waals surface area contributed by atoms with Gasteiger partial charge in [-0.1, -0.05) is 12.8 Å². The Bertz CT molecular complexity index is 941. The van der Waals surface area contributed by atoms with Gasteiger partial charge in [0, 0.05) is 25.6 Å². The molecule has 1 aliphatic rings. The molecule has 1 atom stereocenters. The van der Waals surface area contributed by atoms with Crippen molar-refractivity contribution in [3.63, 3.8) is 0 Å². The molecule has 0 radical (unpaired) electrons. The van der Waals surface area contributed by atoms with Crippen LogP contribution in [0.3, 0.4) is 0 Å². The van der Waals surface area contributed by atoms with Crippen molar-refractivity contribution in [3.8, 4) is 0 Å². The van der Waals surface area contributed by atoms with E-state index in [0.717, 1.165) is 30.3 Å². The van der Waals surface area contributed by atoms with E-state index in [4.69, 9.17) is 5.73 Å². The highest BCUT2D eigenvalue weighted by Crippen LogP contribution is 2.29. The summed E-state index contributed by atoms with van der Waals surface area (Å²) in [5.74, 6) is -0.0169. The van der Waals surface area contributed by atoms with Gasteiger partial charge in [0.15, 0.2) is 17.0 Å². The summed E-state index contributed by atoms with van der Waals surface area (Å²) in [6.07, 6.45) is 3.98. The van der Waals surface area contributed by atoms with Crippen LogP contribution in [0.5, 0.6) is 0 Å². The molecule has 2 aromatic rings. The van der Waals surface area contributed by atoms with E-state index < -0.39 is 11.2 Å². The molecule has 26 heavy (non-hydrogen) atoms. The third-order valence-corrected chi connectivity index (χ3v) is 4.58. The monoisotopic (exact) mass is 361 g/mol. The minimum Gasteiger partial charge on any atom is -0.349 e. The molecule has 1 saturated carbocycles. The summed E-state index contributed by atoms with van der Waals surface area (Å²) in [5.41, 5.74) is 4.96. The maximum atomic E-state index is 12.6. The number of aromatic nitrogens is 5. The molecule has 1 amide bonds. The molecule has 0 aromatic carbocycles. The van der Waals surface area contributed by atoms with E-state index in [2.05, 4.69) is 20.5 Å². The number of nitrogens with one attached hydrogen (secondary N) is 1. The molecule has 0 saturated heterocycles. The van der Waals surface area contributed by atoms with E-state index in [9.17, 15) is 14.4 Å². The van der Waals surface area contributed by atoms with E-state index in [1.54, 1.807) is 6.92 Å². The summed E-state index contributed by atoms with van der Waals surface area (Å²) in [7, 11) is 1.43. The predicted octanol–water partition coefficient (Wildman–Crippen LogP) is -0.646. The van der Waals surface area contributed by atoms with Gasteiger partial charge in [0.25, 0.3) is 5.56 Å². The first kappa shape index (κ1) is 18.2. The molecule has 0 spiro atoms. The number of rotatable bonds is 5. The summed E-state index contributed by atoms with van der Waals surface area (Å²) in [6, 6.07) is -0.247. The lowest BCUT2D eigenvalue weighted by molar-refractivity contribution is -0.121. The number of amides is 1. The van der Waals surface area contributed by atoms with Gasteiger partial charge in [0.1, 0.15) is 0 Å². The SMILES string of the molecule is CC(N)CC(=O)NCc1nnc2c(n1)c(=O)n(C)c(=O)n2C1CCCC1. The van der Waals surface area contributed by atoms with Gasteiger partial charge in [0.05, 0.1) is 6.54 Å². The average molecular weight is 361 g/mol. The predicted molar refractivity (Wildman–Crippen MR) is 94.5 cm³/mol. The number of carbonyl (C=O) groups excluding carboxylic acids is 1. The lowest BCUT2D eigenvalue weighted by atomic mass is 10.2. The largest absolute Gasteiger partial charge is 0.349 e. The maximum Gasteiger partial charge on any atom is 0.332 e. The minimum absolute atomic E-state index is 0.00416. The Morgan fingerprint density at radius 1 is 1.31 bits per heavy atom. The second kappa shape index (κ2) is 7.32. The van der Waals surface area contributed by atoms with Crippen LogP contribution in [0.25, 0.3) is 11.2 Å². The third-order valence-electron chi connectivity index (χ3n) is 4.58. The number of carbonyl (C=O) groups is 1. The maximum absolute atomic E-state index is 12.6. The van der Waals surface area contributed by atoms with Crippen molar-refractivity contribution in [2.24, 2.45) is 12.8 Å². The zero-order chi connectivity index (χ0) is 18.8. The van der Waals surface area contributed by atoms with E-state index in [1.165, 1.54) is 11.6 Å². The van der Waals surface area contributed by atoms with Crippen LogP contribution in [-0.4, -0.2) is 36.3 Å². The molecule has 10 nitrogen and oxygen atoms in total. The van der Waals surface area contributed by atoms with Crippen molar-refractivity contribution in [1.82, 2.24) is 29.6 Å². The van der Waals surface area contributed by atoms with Crippen molar-refractivity contribution < 1.29 is 4.79 Å². The van der Waals surface area contributed by atoms with Crippen molar-refractivity contribution in [2.45, 2.75) is 57.7 Å². The van der Waals surface area contributed by atoms with Gasteiger partial charge < -0.3 is 11.1 Å². The standard InChI is InChI=1S/C16H23N7O3/c1-9(17)7-12(24)18-8-11-19-13-14(21-20-11)23(10-5-3-4-6-10)16(26)22(2)15(13)25/h9-10H,3-8,17H2,1-2H3,(H,18,24). The summed E-state index contributed by atoms with van der Waals surface area (Å²) >= 11 is 0. The third kappa shape index (κ3) is 3.50. The topological polar surface area (TPSA) is 138 Å². The van der Waals surface area contributed by atoms with E-state index >= 15 is 0 Å².